The van der Waals surface area contributed by atoms with Crippen LogP contribution in [0.3, 0.4) is 0 Å². The van der Waals surface area contributed by atoms with Crippen LogP contribution in [0.5, 0.6) is 0 Å². The van der Waals surface area contributed by atoms with Crippen molar-refractivity contribution in [3.05, 3.63) is 36.0 Å². The molecule has 4 N–H and O–H groups in total. The van der Waals surface area contributed by atoms with Crippen molar-refractivity contribution in [2.45, 2.75) is 76.7 Å². The van der Waals surface area contributed by atoms with Gasteiger partial charge in [0.15, 0.2) is 5.65 Å². The molecule has 42 heavy (non-hydrogen) atoms. The molecule has 2 aliphatic rings. The van der Waals surface area contributed by atoms with E-state index in [2.05, 4.69) is 25.6 Å². The number of nitrogens with one attached hydrogen (secondary N) is 2. The number of anilines is 3. The van der Waals surface area contributed by atoms with E-state index in [4.69, 9.17) is 10.5 Å². The maximum atomic E-state index is 15.2. The Morgan fingerprint density at radius 3 is 2.38 bits per heavy atom. The third-order valence-electron chi connectivity index (χ3n) is 7.60. The molecule has 1 aliphatic heterocycles. The summed E-state index contributed by atoms with van der Waals surface area (Å²) in [5, 5.41) is 5.82. The number of likely N-dealkylation sites (tertiary alicyclic amines) is 1. The van der Waals surface area contributed by atoms with Crippen molar-refractivity contribution in [1.29, 1.82) is 0 Å². The molecule has 0 bridgehead atoms. The van der Waals surface area contributed by atoms with E-state index < -0.39 is 35.5 Å². The molecule has 5 rings (SSSR count). The van der Waals surface area contributed by atoms with E-state index in [1.807, 2.05) is 0 Å². The van der Waals surface area contributed by atoms with Crippen LogP contribution in [0.2, 0.25) is 0 Å². The highest BCUT2D eigenvalue weighted by atomic mass is 19.1. The molecule has 1 unspecified atom stereocenters. The van der Waals surface area contributed by atoms with Crippen molar-refractivity contribution < 1.29 is 27.5 Å². The summed E-state index contributed by atoms with van der Waals surface area (Å²) in [6, 6.07) is 2.69. The first kappa shape index (κ1) is 29.4. The number of fused-ring (bicyclic) bond motifs is 1. The van der Waals surface area contributed by atoms with Gasteiger partial charge in [0, 0.05) is 18.5 Å². The zero-order chi connectivity index (χ0) is 30.2. The summed E-state index contributed by atoms with van der Waals surface area (Å²) in [5.41, 5.74) is 5.23. The van der Waals surface area contributed by atoms with Gasteiger partial charge in [-0.05, 0) is 65.0 Å². The highest BCUT2D eigenvalue weighted by molar-refractivity contribution is 5.78. The smallest absolute Gasteiger partial charge is 0.410 e. The number of hydrogen-bond acceptors (Lipinski definition) is 8. The minimum atomic E-state index is -1.40. The Bertz CT molecular complexity index is 1450. The molecule has 11 nitrogen and oxygen atoms in total. The number of aromatic nitrogens is 4. The van der Waals surface area contributed by atoms with Gasteiger partial charge in [-0.25, -0.2) is 27.9 Å². The second kappa shape index (κ2) is 11.6. The van der Waals surface area contributed by atoms with Gasteiger partial charge in [-0.1, -0.05) is 6.07 Å². The highest BCUT2D eigenvalue weighted by Gasteiger charge is 2.35. The number of imidazole rings is 1. The lowest BCUT2D eigenvalue weighted by Gasteiger charge is -2.35. The zero-order valence-corrected chi connectivity index (χ0v) is 23.7. The molecule has 226 valence electrons. The molecule has 0 spiro atoms. The van der Waals surface area contributed by atoms with E-state index in [0.717, 1.165) is 12.1 Å². The number of carbonyl (C=O) groups is 2. The van der Waals surface area contributed by atoms with Gasteiger partial charge < -0.3 is 26.0 Å². The fraction of sp³-hybridized carbons (Fsp3) is 0.536. The van der Waals surface area contributed by atoms with Gasteiger partial charge in [0.2, 0.25) is 17.8 Å². The molecule has 3 aromatic rings. The van der Waals surface area contributed by atoms with Crippen LogP contribution in [0.15, 0.2) is 24.4 Å². The SMILES string of the molecule is CC(C)(C)OC(=O)N1CC[C@H](Nc2ncc3nc(Nc4c(F)cccc4F)n([C@H]4CC[C@@H](C(N)=O)CC4)c3n2)C(F)C1. The quantitative estimate of drug-likeness (QED) is 0.372. The Labute approximate surface area is 241 Å². The third-order valence-corrected chi connectivity index (χ3v) is 7.60. The molecule has 1 aliphatic carbocycles. The average molecular weight is 589 g/mol. The van der Waals surface area contributed by atoms with Gasteiger partial charge in [-0.3, -0.25) is 9.36 Å². The molecular formula is C28H35F3N8O3. The number of nitrogens with two attached hydrogens (primary N) is 1. The third kappa shape index (κ3) is 6.36. The maximum absolute atomic E-state index is 15.2. The van der Waals surface area contributed by atoms with Gasteiger partial charge in [0.05, 0.1) is 18.8 Å². The van der Waals surface area contributed by atoms with E-state index in [9.17, 15) is 18.4 Å². The van der Waals surface area contributed by atoms with E-state index in [-0.39, 0.29) is 42.0 Å². The van der Waals surface area contributed by atoms with Gasteiger partial charge in [0.25, 0.3) is 0 Å². The van der Waals surface area contributed by atoms with Crippen molar-refractivity contribution in [2.24, 2.45) is 11.7 Å². The number of primary amides is 1. The minimum Gasteiger partial charge on any atom is -0.444 e. The summed E-state index contributed by atoms with van der Waals surface area (Å²) >= 11 is 0. The fourth-order valence-corrected chi connectivity index (χ4v) is 5.47. The van der Waals surface area contributed by atoms with Crippen molar-refractivity contribution in [3.8, 4) is 0 Å². The predicted octanol–water partition coefficient (Wildman–Crippen LogP) is 4.82. The molecule has 14 heteroatoms. The van der Waals surface area contributed by atoms with Crippen LogP contribution in [-0.2, 0) is 9.53 Å². The van der Waals surface area contributed by atoms with Crippen LogP contribution in [0.25, 0.3) is 11.2 Å². The largest absolute Gasteiger partial charge is 0.444 e. The van der Waals surface area contributed by atoms with Crippen LogP contribution < -0.4 is 16.4 Å². The van der Waals surface area contributed by atoms with E-state index in [1.54, 1.807) is 25.3 Å². The Morgan fingerprint density at radius 1 is 1.07 bits per heavy atom. The second-order valence-electron chi connectivity index (χ2n) is 11.8. The molecule has 1 saturated carbocycles. The number of para-hydroxylation sites is 1. The molecule has 3 heterocycles. The van der Waals surface area contributed by atoms with E-state index >= 15 is 4.39 Å². The number of nitrogens with zero attached hydrogens (tertiary/aromatic N) is 5. The van der Waals surface area contributed by atoms with Gasteiger partial charge in [-0.15, -0.1) is 0 Å². The maximum Gasteiger partial charge on any atom is 0.410 e. The normalized spacial score (nSPS) is 23.0. The summed E-state index contributed by atoms with van der Waals surface area (Å²) in [6.07, 6.45) is 2.01. The summed E-state index contributed by atoms with van der Waals surface area (Å²) in [6.45, 7) is 5.40. The van der Waals surface area contributed by atoms with Gasteiger partial charge in [0.1, 0.15) is 34.6 Å². The lowest BCUT2D eigenvalue weighted by Crippen LogP contribution is -2.51. The molecule has 0 radical (unpaired) electrons. The molecule has 1 aromatic carbocycles. The molecule has 1 saturated heterocycles. The lowest BCUT2D eigenvalue weighted by molar-refractivity contribution is -0.122. The van der Waals surface area contributed by atoms with Crippen molar-refractivity contribution in [3.63, 3.8) is 0 Å². The molecule has 2 fully saturated rings. The Kier molecular flexibility index (Phi) is 8.15. The summed E-state index contributed by atoms with van der Waals surface area (Å²) < 4.78 is 51.4. The van der Waals surface area contributed by atoms with E-state index in [1.165, 1.54) is 17.2 Å². The number of amides is 2. The number of alkyl halides is 1. The monoisotopic (exact) mass is 588 g/mol. The van der Waals surface area contributed by atoms with Crippen LogP contribution in [0.4, 0.5) is 35.5 Å². The lowest BCUT2D eigenvalue weighted by atomic mass is 9.85. The summed E-state index contributed by atoms with van der Waals surface area (Å²) in [7, 11) is 0. The number of halogens is 3. The molecule has 2 amide bonds. The van der Waals surface area contributed by atoms with Crippen molar-refractivity contribution >= 4 is 40.7 Å². The number of benzene rings is 1. The van der Waals surface area contributed by atoms with Gasteiger partial charge in [-0.2, -0.15) is 4.98 Å². The first-order chi connectivity index (χ1) is 19.9. The topological polar surface area (TPSA) is 140 Å². The fourth-order valence-electron chi connectivity index (χ4n) is 5.47. The van der Waals surface area contributed by atoms with Crippen molar-refractivity contribution in [2.75, 3.05) is 23.7 Å². The molecule has 2 aromatic heterocycles. The van der Waals surface area contributed by atoms with Crippen LogP contribution in [0, 0.1) is 17.6 Å². The summed E-state index contributed by atoms with van der Waals surface area (Å²) in [4.78, 5) is 38.9. The predicted molar refractivity (Wildman–Crippen MR) is 150 cm³/mol. The number of hydrogen-bond donors (Lipinski definition) is 3. The molecule has 2 atom stereocenters. The first-order valence-corrected chi connectivity index (χ1v) is 14.0. The van der Waals surface area contributed by atoms with Gasteiger partial charge >= 0.3 is 6.09 Å². The summed E-state index contributed by atoms with van der Waals surface area (Å²) in [5.74, 6) is -1.87. The zero-order valence-electron chi connectivity index (χ0n) is 23.7. The average Bonchev–Trinajstić information content (AvgIpc) is 3.28. The minimum absolute atomic E-state index is 0.141. The first-order valence-electron chi connectivity index (χ1n) is 14.0. The number of carbonyl (C=O) groups excluding carboxylic acids is 2. The van der Waals surface area contributed by atoms with E-state index in [0.29, 0.717) is 49.8 Å². The number of piperidine rings is 1. The number of rotatable bonds is 6. The molecular weight excluding hydrogens is 553 g/mol. The Morgan fingerprint density at radius 2 is 1.76 bits per heavy atom. The Hall–Kier alpha value is -4.10. The van der Waals surface area contributed by atoms with Crippen LogP contribution >= 0.6 is 0 Å². The number of ether oxygens (including phenoxy) is 1. The highest BCUT2D eigenvalue weighted by Crippen LogP contribution is 2.37. The Balaban J connectivity index is 1.40. The van der Waals surface area contributed by atoms with Crippen molar-refractivity contribution in [1.82, 2.24) is 24.4 Å². The van der Waals surface area contributed by atoms with Crippen LogP contribution in [0.1, 0.15) is 58.9 Å². The second-order valence-corrected chi connectivity index (χ2v) is 11.8. The standard InChI is InChI=1S/C28H35F3N8O3/c1-28(2,3)42-27(41)38-12-11-20(19(31)14-38)34-25-33-13-21-24(37-25)39(16-9-7-15(8-10-16)23(32)40)26(35-21)36-22-17(29)5-4-6-18(22)30/h4-6,13,15-16,19-20H,7-12,14H2,1-3H3,(H2,32,40)(H,35,36)(H,33,34,37)/t15-,16+,19?,20-/m0/s1. The van der Waals surface area contributed by atoms with Crippen LogP contribution in [-0.4, -0.2) is 67.3 Å².